The molecule has 0 spiro atoms. The van der Waals surface area contributed by atoms with Gasteiger partial charge in [-0.15, -0.1) is 11.8 Å². The van der Waals surface area contributed by atoms with Gasteiger partial charge in [-0.25, -0.2) is 0 Å². The number of nitrogens with one attached hydrogen (secondary N) is 3. The highest BCUT2D eigenvalue weighted by atomic mass is 32.2. The van der Waals surface area contributed by atoms with Crippen molar-refractivity contribution in [3.8, 4) is 0 Å². The number of carbonyl (C=O) groups is 2. The van der Waals surface area contributed by atoms with Gasteiger partial charge in [0.1, 0.15) is 25.7 Å². The molecule has 0 unspecified atom stereocenters. The number of benzene rings is 2. The Kier molecular flexibility index (Phi) is 6.72. The maximum absolute atomic E-state index is 12.9. The molecule has 4 rings (SSSR count). The third kappa shape index (κ3) is 5.22. The molecule has 2 aliphatic heterocycles. The molecule has 30 heavy (non-hydrogen) atoms. The maximum Gasteiger partial charge on any atom is 0.238 e. The van der Waals surface area contributed by atoms with Crippen LogP contribution in [0.5, 0.6) is 0 Å². The number of anilines is 1. The summed E-state index contributed by atoms with van der Waals surface area (Å²) in [5.41, 5.74) is 3.10. The molecule has 0 bridgehead atoms. The van der Waals surface area contributed by atoms with Crippen molar-refractivity contribution in [3.63, 3.8) is 0 Å². The standard InChI is InChI=1S/C23H27N3O3S/c1-16-6-8-17(9-7-16)19(15-26-10-12-29-13-11-26)24-22(27)14-21-23(28)25-18-4-2-3-5-20(18)30-21/h2-9,19,21H,10-15H2,1H3,(H,24,27)(H,25,28)/p+1/t19-,21+/m0/s1. The fourth-order valence-electron chi connectivity index (χ4n) is 3.85. The number of ether oxygens (including phenoxy) is 1. The Hall–Kier alpha value is -2.35. The molecule has 6 nitrogen and oxygen atoms in total. The maximum atomic E-state index is 12.9. The number of para-hydroxylation sites is 1. The molecular weight excluding hydrogens is 398 g/mol. The number of rotatable bonds is 6. The molecule has 1 fully saturated rings. The van der Waals surface area contributed by atoms with Gasteiger partial charge in [0.2, 0.25) is 11.8 Å². The van der Waals surface area contributed by atoms with E-state index in [1.165, 1.54) is 22.2 Å². The molecule has 2 aromatic carbocycles. The van der Waals surface area contributed by atoms with Crippen LogP contribution in [0.1, 0.15) is 23.6 Å². The molecule has 2 atom stereocenters. The summed E-state index contributed by atoms with van der Waals surface area (Å²) in [5, 5.41) is 5.69. The van der Waals surface area contributed by atoms with Crippen molar-refractivity contribution >= 4 is 29.3 Å². The van der Waals surface area contributed by atoms with Crippen LogP contribution in [-0.4, -0.2) is 49.9 Å². The number of aryl methyl sites for hydroxylation is 1. The largest absolute Gasteiger partial charge is 0.370 e. The summed E-state index contributed by atoms with van der Waals surface area (Å²) in [6.07, 6.45) is 0.158. The van der Waals surface area contributed by atoms with E-state index < -0.39 is 5.25 Å². The Bertz CT molecular complexity index is 897. The number of fused-ring (bicyclic) bond motifs is 1. The van der Waals surface area contributed by atoms with Gasteiger partial charge in [-0.2, -0.15) is 0 Å². The zero-order valence-corrected chi connectivity index (χ0v) is 18.0. The second-order valence-corrected chi connectivity index (χ2v) is 9.14. The SMILES string of the molecule is Cc1ccc([C@H](C[NH+]2CCOCC2)NC(=O)C[C@H]2Sc3ccccc3NC2=O)cc1. The molecule has 2 aromatic rings. The van der Waals surface area contributed by atoms with E-state index in [1.54, 1.807) is 0 Å². The number of carbonyl (C=O) groups excluding carboxylic acids is 2. The summed E-state index contributed by atoms with van der Waals surface area (Å²) in [6.45, 7) is 6.25. The van der Waals surface area contributed by atoms with Crippen molar-refractivity contribution in [2.45, 2.75) is 29.5 Å². The van der Waals surface area contributed by atoms with Gasteiger partial charge in [-0.05, 0) is 24.6 Å². The molecule has 2 aliphatic rings. The predicted molar refractivity (Wildman–Crippen MR) is 118 cm³/mol. The van der Waals surface area contributed by atoms with Crippen LogP contribution in [0.25, 0.3) is 0 Å². The predicted octanol–water partition coefficient (Wildman–Crippen LogP) is 1.57. The van der Waals surface area contributed by atoms with Crippen LogP contribution in [0.15, 0.2) is 53.4 Å². The van der Waals surface area contributed by atoms with Crippen LogP contribution >= 0.6 is 11.8 Å². The summed E-state index contributed by atoms with van der Waals surface area (Å²) >= 11 is 1.46. The van der Waals surface area contributed by atoms with E-state index in [2.05, 4.69) is 41.8 Å². The van der Waals surface area contributed by atoms with Crippen molar-refractivity contribution < 1.29 is 19.2 Å². The number of amides is 2. The van der Waals surface area contributed by atoms with Crippen LogP contribution in [0, 0.1) is 6.92 Å². The summed E-state index contributed by atoms with van der Waals surface area (Å²) in [6, 6.07) is 15.9. The highest BCUT2D eigenvalue weighted by Gasteiger charge is 2.30. The highest BCUT2D eigenvalue weighted by molar-refractivity contribution is 8.01. The van der Waals surface area contributed by atoms with E-state index >= 15 is 0 Å². The van der Waals surface area contributed by atoms with E-state index in [0.29, 0.717) is 0 Å². The van der Waals surface area contributed by atoms with E-state index in [4.69, 9.17) is 4.74 Å². The lowest BCUT2D eigenvalue weighted by Crippen LogP contribution is -3.14. The highest BCUT2D eigenvalue weighted by Crippen LogP contribution is 2.36. The van der Waals surface area contributed by atoms with Gasteiger partial charge in [0.15, 0.2) is 0 Å². The van der Waals surface area contributed by atoms with E-state index in [0.717, 1.165) is 49.0 Å². The fourth-order valence-corrected chi connectivity index (χ4v) is 4.96. The van der Waals surface area contributed by atoms with Gasteiger partial charge in [-0.3, -0.25) is 9.59 Å². The Morgan fingerprint density at radius 2 is 1.93 bits per heavy atom. The number of quaternary nitrogens is 1. The Morgan fingerprint density at radius 1 is 1.20 bits per heavy atom. The minimum Gasteiger partial charge on any atom is -0.370 e. The normalized spacial score (nSPS) is 20.2. The van der Waals surface area contributed by atoms with Gasteiger partial charge in [0.25, 0.3) is 0 Å². The van der Waals surface area contributed by atoms with Crippen molar-refractivity contribution in [1.82, 2.24) is 5.32 Å². The monoisotopic (exact) mass is 426 g/mol. The lowest BCUT2D eigenvalue weighted by atomic mass is 10.0. The first-order valence-electron chi connectivity index (χ1n) is 10.4. The molecule has 0 aliphatic carbocycles. The molecule has 3 N–H and O–H groups in total. The number of hydrogen-bond donors (Lipinski definition) is 3. The molecule has 158 valence electrons. The van der Waals surface area contributed by atoms with Gasteiger partial charge in [0, 0.05) is 11.3 Å². The minimum atomic E-state index is -0.422. The van der Waals surface area contributed by atoms with Gasteiger partial charge in [-0.1, -0.05) is 42.0 Å². The molecule has 2 heterocycles. The van der Waals surface area contributed by atoms with Crippen LogP contribution in [0.2, 0.25) is 0 Å². The third-order valence-corrected chi connectivity index (χ3v) is 6.86. The number of hydrogen-bond acceptors (Lipinski definition) is 4. The van der Waals surface area contributed by atoms with E-state index in [9.17, 15) is 9.59 Å². The van der Waals surface area contributed by atoms with Crippen LogP contribution in [-0.2, 0) is 14.3 Å². The van der Waals surface area contributed by atoms with Crippen LogP contribution in [0.3, 0.4) is 0 Å². The average molecular weight is 427 g/mol. The molecular formula is C23H28N3O3S+. The lowest BCUT2D eigenvalue weighted by molar-refractivity contribution is -0.909. The number of morpholine rings is 1. The Morgan fingerprint density at radius 3 is 2.70 bits per heavy atom. The second kappa shape index (κ2) is 9.64. The molecule has 1 saturated heterocycles. The zero-order chi connectivity index (χ0) is 20.9. The first kappa shape index (κ1) is 20.9. The average Bonchev–Trinajstić information content (AvgIpc) is 2.75. The van der Waals surface area contributed by atoms with Gasteiger partial charge >= 0.3 is 0 Å². The van der Waals surface area contributed by atoms with Gasteiger partial charge < -0.3 is 20.3 Å². The van der Waals surface area contributed by atoms with Crippen LogP contribution < -0.4 is 15.5 Å². The van der Waals surface area contributed by atoms with Crippen LogP contribution in [0.4, 0.5) is 5.69 Å². The second-order valence-electron chi connectivity index (χ2n) is 7.89. The lowest BCUT2D eigenvalue weighted by Gasteiger charge is -2.29. The summed E-state index contributed by atoms with van der Waals surface area (Å²) in [7, 11) is 0. The molecule has 0 radical (unpaired) electrons. The first-order valence-corrected chi connectivity index (χ1v) is 11.3. The molecule has 0 saturated carbocycles. The van der Waals surface area contributed by atoms with Gasteiger partial charge in [0.05, 0.1) is 24.2 Å². The van der Waals surface area contributed by atoms with Crippen molar-refractivity contribution in [2.75, 3.05) is 38.2 Å². The van der Waals surface area contributed by atoms with E-state index in [1.807, 2.05) is 24.3 Å². The quantitative estimate of drug-likeness (QED) is 0.656. The summed E-state index contributed by atoms with van der Waals surface area (Å²) in [4.78, 5) is 27.8. The van der Waals surface area contributed by atoms with E-state index in [-0.39, 0.29) is 24.3 Å². The van der Waals surface area contributed by atoms with Crippen molar-refractivity contribution in [3.05, 3.63) is 59.7 Å². The fraction of sp³-hybridized carbons (Fsp3) is 0.391. The topological polar surface area (TPSA) is 71.9 Å². The Labute approximate surface area is 181 Å². The first-order chi connectivity index (χ1) is 14.6. The molecule has 0 aromatic heterocycles. The van der Waals surface area contributed by atoms with Crippen molar-refractivity contribution in [2.24, 2.45) is 0 Å². The minimum absolute atomic E-state index is 0.0878. The zero-order valence-electron chi connectivity index (χ0n) is 17.1. The molecule has 7 heteroatoms. The Balaban J connectivity index is 1.43. The molecule has 2 amide bonds. The summed E-state index contributed by atoms with van der Waals surface area (Å²) < 4.78 is 5.47. The summed E-state index contributed by atoms with van der Waals surface area (Å²) in [5.74, 6) is -0.209. The smallest absolute Gasteiger partial charge is 0.238 e. The third-order valence-electron chi connectivity index (χ3n) is 5.59. The number of thioether (sulfide) groups is 1. The van der Waals surface area contributed by atoms with Crippen molar-refractivity contribution in [1.29, 1.82) is 0 Å².